The second-order valence-corrected chi connectivity index (χ2v) is 3.77. The number of rotatable bonds is 2. The molecule has 0 atom stereocenters. The standard InChI is InChI=1S/C6H6ClFN2S2/c1-11-5-3(7)4(8)9-6(10-5)12-2/h1-2H3. The van der Waals surface area contributed by atoms with Gasteiger partial charge in [-0.2, -0.15) is 9.37 Å². The Morgan fingerprint density at radius 1 is 1.25 bits per heavy atom. The van der Waals surface area contributed by atoms with E-state index in [0.29, 0.717) is 10.2 Å². The molecule has 6 heteroatoms. The molecular formula is C6H6ClFN2S2. The summed E-state index contributed by atoms with van der Waals surface area (Å²) in [6.07, 6.45) is 3.57. The van der Waals surface area contributed by atoms with E-state index in [1.165, 1.54) is 23.5 Å². The van der Waals surface area contributed by atoms with Crippen molar-refractivity contribution in [1.82, 2.24) is 9.97 Å². The molecule has 0 radical (unpaired) electrons. The number of thioether (sulfide) groups is 2. The Bertz CT molecular complexity index is 295. The van der Waals surface area contributed by atoms with Crippen LogP contribution in [0, 0.1) is 5.95 Å². The van der Waals surface area contributed by atoms with Crippen LogP contribution in [0.25, 0.3) is 0 Å². The van der Waals surface area contributed by atoms with Crippen molar-refractivity contribution in [2.24, 2.45) is 0 Å². The summed E-state index contributed by atoms with van der Waals surface area (Å²) in [5.74, 6) is -0.652. The van der Waals surface area contributed by atoms with Crippen LogP contribution < -0.4 is 0 Å². The van der Waals surface area contributed by atoms with Crippen molar-refractivity contribution >= 4 is 35.1 Å². The van der Waals surface area contributed by atoms with Crippen LogP contribution >= 0.6 is 35.1 Å². The number of hydrogen-bond acceptors (Lipinski definition) is 4. The van der Waals surface area contributed by atoms with E-state index < -0.39 is 5.95 Å². The van der Waals surface area contributed by atoms with Crippen LogP contribution in [0.5, 0.6) is 0 Å². The van der Waals surface area contributed by atoms with E-state index in [1.54, 1.807) is 12.5 Å². The fourth-order valence-electron chi connectivity index (χ4n) is 0.609. The number of aromatic nitrogens is 2. The molecule has 1 aromatic heterocycles. The van der Waals surface area contributed by atoms with Crippen LogP contribution in [-0.2, 0) is 0 Å². The minimum Gasteiger partial charge on any atom is -0.214 e. The van der Waals surface area contributed by atoms with Crippen LogP contribution in [0.4, 0.5) is 4.39 Å². The van der Waals surface area contributed by atoms with E-state index in [9.17, 15) is 4.39 Å². The predicted molar refractivity (Wildman–Crippen MR) is 50.6 cm³/mol. The number of halogens is 2. The smallest absolute Gasteiger partial charge is 0.214 e. The average Bonchev–Trinajstić information content (AvgIpc) is 2.09. The van der Waals surface area contributed by atoms with Gasteiger partial charge in [0.2, 0.25) is 5.95 Å². The molecule has 1 aromatic rings. The molecule has 0 aliphatic heterocycles. The maximum absolute atomic E-state index is 12.9. The Morgan fingerprint density at radius 3 is 2.42 bits per heavy atom. The summed E-state index contributed by atoms with van der Waals surface area (Å²) >= 11 is 8.18. The van der Waals surface area contributed by atoms with Gasteiger partial charge in [-0.25, -0.2) is 4.98 Å². The normalized spacial score (nSPS) is 10.3. The lowest BCUT2D eigenvalue weighted by Gasteiger charge is -2.01. The Balaban J connectivity index is 3.19. The molecule has 0 bridgehead atoms. The number of hydrogen-bond donors (Lipinski definition) is 0. The van der Waals surface area contributed by atoms with Gasteiger partial charge in [-0.1, -0.05) is 23.4 Å². The van der Waals surface area contributed by atoms with Crippen molar-refractivity contribution in [2.75, 3.05) is 12.5 Å². The van der Waals surface area contributed by atoms with Crippen LogP contribution in [0.3, 0.4) is 0 Å². The zero-order valence-corrected chi connectivity index (χ0v) is 8.86. The molecule has 1 rings (SSSR count). The Kier molecular flexibility index (Phi) is 3.61. The van der Waals surface area contributed by atoms with Gasteiger partial charge in [0.15, 0.2) is 5.16 Å². The van der Waals surface area contributed by atoms with Crippen molar-refractivity contribution in [3.8, 4) is 0 Å². The highest BCUT2D eigenvalue weighted by molar-refractivity contribution is 7.99. The van der Waals surface area contributed by atoms with Gasteiger partial charge < -0.3 is 0 Å². The molecule has 0 amide bonds. The van der Waals surface area contributed by atoms with E-state index in [-0.39, 0.29) is 5.02 Å². The second-order valence-electron chi connectivity index (χ2n) is 1.82. The van der Waals surface area contributed by atoms with Gasteiger partial charge in [0.05, 0.1) is 0 Å². The van der Waals surface area contributed by atoms with Gasteiger partial charge in [-0.05, 0) is 12.5 Å². The predicted octanol–water partition coefficient (Wildman–Crippen LogP) is 2.71. The molecular weight excluding hydrogens is 219 g/mol. The van der Waals surface area contributed by atoms with Gasteiger partial charge in [0.25, 0.3) is 0 Å². The Morgan fingerprint density at radius 2 is 1.92 bits per heavy atom. The fraction of sp³-hybridized carbons (Fsp3) is 0.333. The highest BCUT2D eigenvalue weighted by Gasteiger charge is 2.10. The van der Waals surface area contributed by atoms with Crippen molar-refractivity contribution in [2.45, 2.75) is 10.2 Å². The average molecular weight is 225 g/mol. The highest BCUT2D eigenvalue weighted by atomic mass is 35.5. The monoisotopic (exact) mass is 224 g/mol. The lowest BCUT2D eigenvalue weighted by molar-refractivity contribution is 0.554. The molecule has 66 valence electrons. The molecule has 12 heavy (non-hydrogen) atoms. The van der Waals surface area contributed by atoms with Gasteiger partial charge in [0.1, 0.15) is 10.0 Å². The molecule has 2 nitrogen and oxygen atoms in total. The summed E-state index contributed by atoms with van der Waals surface area (Å²) in [6.45, 7) is 0. The lowest BCUT2D eigenvalue weighted by atomic mass is 10.6. The maximum atomic E-state index is 12.9. The zero-order valence-electron chi connectivity index (χ0n) is 6.47. The van der Waals surface area contributed by atoms with Crippen LogP contribution in [-0.4, -0.2) is 22.5 Å². The second kappa shape index (κ2) is 4.30. The van der Waals surface area contributed by atoms with Gasteiger partial charge >= 0.3 is 0 Å². The summed E-state index contributed by atoms with van der Waals surface area (Å²) in [5, 5.41) is 0.884. The first-order chi connectivity index (χ1) is 5.69. The first-order valence-corrected chi connectivity index (χ1v) is 5.82. The molecule has 0 spiro atoms. The largest absolute Gasteiger partial charge is 0.236 e. The van der Waals surface area contributed by atoms with E-state index in [1.807, 2.05) is 0 Å². The minimum atomic E-state index is -0.652. The van der Waals surface area contributed by atoms with E-state index in [0.717, 1.165) is 0 Å². The Hall–Kier alpha value is -0.000000000000000111. The fourth-order valence-corrected chi connectivity index (χ4v) is 1.78. The number of nitrogens with zero attached hydrogens (tertiary/aromatic N) is 2. The molecule has 0 aliphatic carbocycles. The Labute approximate surface area is 83.3 Å². The highest BCUT2D eigenvalue weighted by Crippen LogP contribution is 2.26. The third kappa shape index (κ3) is 2.02. The summed E-state index contributed by atoms with van der Waals surface area (Å²) in [6, 6.07) is 0. The molecule has 0 aliphatic rings. The molecule has 0 aromatic carbocycles. The molecule has 0 fully saturated rings. The first-order valence-electron chi connectivity index (χ1n) is 3.00. The summed E-state index contributed by atoms with van der Waals surface area (Å²) in [4.78, 5) is 7.55. The zero-order chi connectivity index (χ0) is 9.14. The van der Waals surface area contributed by atoms with Crippen molar-refractivity contribution in [3.05, 3.63) is 11.0 Å². The van der Waals surface area contributed by atoms with Crippen molar-refractivity contribution < 1.29 is 4.39 Å². The van der Waals surface area contributed by atoms with Crippen molar-refractivity contribution in [3.63, 3.8) is 0 Å². The summed E-state index contributed by atoms with van der Waals surface area (Å²) < 4.78 is 12.9. The van der Waals surface area contributed by atoms with Crippen LogP contribution in [0.2, 0.25) is 5.02 Å². The third-order valence-electron chi connectivity index (χ3n) is 1.14. The van der Waals surface area contributed by atoms with Crippen molar-refractivity contribution in [1.29, 1.82) is 0 Å². The molecule has 1 heterocycles. The quantitative estimate of drug-likeness (QED) is 0.438. The summed E-state index contributed by atoms with van der Waals surface area (Å²) in [7, 11) is 0. The lowest BCUT2D eigenvalue weighted by Crippen LogP contribution is -1.94. The van der Waals surface area contributed by atoms with Crippen LogP contribution in [0.1, 0.15) is 0 Å². The molecule has 0 unspecified atom stereocenters. The van der Waals surface area contributed by atoms with Crippen LogP contribution in [0.15, 0.2) is 10.2 Å². The topological polar surface area (TPSA) is 25.8 Å². The van der Waals surface area contributed by atoms with Gasteiger partial charge in [0, 0.05) is 0 Å². The molecule has 0 N–H and O–H groups in total. The van der Waals surface area contributed by atoms with Gasteiger partial charge in [-0.3, -0.25) is 0 Å². The van der Waals surface area contributed by atoms with Gasteiger partial charge in [-0.15, -0.1) is 11.8 Å². The third-order valence-corrected chi connectivity index (χ3v) is 2.81. The summed E-state index contributed by atoms with van der Waals surface area (Å²) in [5.41, 5.74) is 0. The first kappa shape index (κ1) is 10.1. The minimum absolute atomic E-state index is 0.000278. The SMILES string of the molecule is CSc1nc(F)c(Cl)c(SC)n1. The van der Waals surface area contributed by atoms with E-state index in [2.05, 4.69) is 9.97 Å². The molecule has 0 saturated carbocycles. The molecule has 0 saturated heterocycles. The van der Waals surface area contributed by atoms with E-state index >= 15 is 0 Å². The van der Waals surface area contributed by atoms with E-state index in [4.69, 9.17) is 11.6 Å². The maximum Gasteiger partial charge on any atom is 0.236 e.